The van der Waals surface area contributed by atoms with E-state index in [2.05, 4.69) is 46.0 Å². The molecule has 0 aliphatic heterocycles. The van der Waals surface area contributed by atoms with E-state index in [-0.39, 0.29) is 17.1 Å². The van der Waals surface area contributed by atoms with Crippen molar-refractivity contribution < 1.29 is 23.4 Å². The molecule has 4 atom stereocenters. The first-order valence-corrected chi connectivity index (χ1v) is 15.8. The highest BCUT2D eigenvalue weighted by molar-refractivity contribution is 6.74. The number of carbonyl (C=O) groups is 1. The van der Waals surface area contributed by atoms with Gasteiger partial charge in [0.15, 0.2) is 8.32 Å². The van der Waals surface area contributed by atoms with E-state index in [1.165, 1.54) is 6.92 Å². The Hall–Kier alpha value is -2.25. The lowest BCUT2D eigenvalue weighted by atomic mass is 9.95. The highest BCUT2D eigenvalue weighted by Crippen LogP contribution is 2.39. The van der Waals surface area contributed by atoms with Crippen molar-refractivity contribution in [3.8, 4) is 0 Å². The molecule has 2 aromatic carbocycles. The van der Waals surface area contributed by atoms with Crippen LogP contribution in [0, 0.1) is 0 Å². The summed E-state index contributed by atoms with van der Waals surface area (Å²) in [6, 6.07) is 20.1. The molecule has 3 rings (SSSR count). The van der Waals surface area contributed by atoms with Gasteiger partial charge in [0, 0.05) is 6.92 Å². The molecule has 0 radical (unpaired) electrons. The lowest BCUT2D eigenvalue weighted by Gasteiger charge is -2.43. The summed E-state index contributed by atoms with van der Waals surface area (Å²) in [5.74, 6) is -0.318. The smallest absolute Gasteiger partial charge is 0.302 e. The van der Waals surface area contributed by atoms with Crippen LogP contribution in [0.1, 0.15) is 51.7 Å². The van der Waals surface area contributed by atoms with Gasteiger partial charge in [-0.1, -0.05) is 93.6 Å². The number of hydrogen-bond donors (Lipinski definition) is 0. The van der Waals surface area contributed by atoms with E-state index in [1.54, 1.807) is 0 Å². The van der Waals surface area contributed by atoms with Crippen molar-refractivity contribution in [2.75, 3.05) is 0 Å². The molecule has 0 heterocycles. The van der Waals surface area contributed by atoms with Gasteiger partial charge in [0.2, 0.25) is 0 Å². The van der Waals surface area contributed by atoms with Gasteiger partial charge in [-0.25, -0.2) is 0 Å². The van der Waals surface area contributed by atoms with Crippen LogP contribution in [-0.2, 0) is 36.6 Å². The number of ether oxygens (including phenoxy) is 3. The maximum absolute atomic E-state index is 12.1. The highest BCUT2D eigenvalue weighted by Gasteiger charge is 2.44. The molecule has 0 saturated carbocycles. The van der Waals surface area contributed by atoms with Crippen molar-refractivity contribution in [1.29, 1.82) is 0 Å². The summed E-state index contributed by atoms with van der Waals surface area (Å²) in [6.45, 7) is 13.4. The van der Waals surface area contributed by atoms with Crippen molar-refractivity contribution >= 4 is 14.3 Å². The molecule has 0 saturated heterocycles. The number of hydrogen-bond acceptors (Lipinski definition) is 5. The van der Waals surface area contributed by atoms with Crippen molar-refractivity contribution in [2.24, 2.45) is 0 Å². The monoisotopic (exact) mass is 510 g/mol. The minimum absolute atomic E-state index is 0.0306. The minimum Gasteiger partial charge on any atom is -0.460 e. The van der Waals surface area contributed by atoms with E-state index in [0.717, 1.165) is 17.5 Å². The maximum atomic E-state index is 12.1. The first kappa shape index (κ1) is 28.3. The molecule has 2 aromatic rings. The zero-order valence-corrected chi connectivity index (χ0v) is 23.6. The van der Waals surface area contributed by atoms with Gasteiger partial charge in [-0.05, 0) is 42.1 Å². The molecule has 6 heteroatoms. The Morgan fingerprint density at radius 1 is 0.889 bits per heavy atom. The van der Waals surface area contributed by atoms with Gasteiger partial charge in [-0.2, -0.15) is 0 Å². The van der Waals surface area contributed by atoms with Crippen LogP contribution in [0.4, 0.5) is 0 Å². The van der Waals surface area contributed by atoms with Crippen molar-refractivity contribution in [3.63, 3.8) is 0 Å². The summed E-state index contributed by atoms with van der Waals surface area (Å²) in [5.41, 5.74) is 2.13. The summed E-state index contributed by atoms with van der Waals surface area (Å²) in [6.07, 6.45) is 3.97. The molecular formula is C30H42O5Si. The SMILES string of the molecule is CC(=O)OC1CC/C=C\[C@@H](O[Si](C)(C)C(C)(C)C)[C@H](OCc2ccccc2)[C@H]1OCc1ccccc1. The zero-order valence-electron chi connectivity index (χ0n) is 22.6. The van der Waals surface area contributed by atoms with E-state index in [1.807, 2.05) is 60.7 Å². The Balaban J connectivity index is 1.97. The second-order valence-electron chi connectivity index (χ2n) is 11.0. The van der Waals surface area contributed by atoms with Gasteiger partial charge in [0.1, 0.15) is 18.3 Å². The van der Waals surface area contributed by atoms with Gasteiger partial charge in [0.25, 0.3) is 0 Å². The number of rotatable bonds is 9. The molecule has 196 valence electrons. The third kappa shape index (κ3) is 8.13. The Kier molecular flexibility index (Phi) is 10.1. The fraction of sp³-hybridized carbons (Fsp3) is 0.500. The predicted octanol–water partition coefficient (Wildman–Crippen LogP) is 6.83. The van der Waals surface area contributed by atoms with E-state index in [0.29, 0.717) is 19.6 Å². The Morgan fingerprint density at radius 2 is 1.42 bits per heavy atom. The lowest BCUT2D eigenvalue weighted by Crippen LogP contribution is -2.54. The molecule has 1 aliphatic carbocycles. The molecule has 0 spiro atoms. The van der Waals surface area contributed by atoms with Crippen molar-refractivity contribution in [2.45, 2.75) is 96.3 Å². The summed E-state index contributed by atoms with van der Waals surface area (Å²) >= 11 is 0. The summed E-state index contributed by atoms with van der Waals surface area (Å²) in [5, 5.41) is 0.0306. The maximum Gasteiger partial charge on any atom is 0.302 e. The van der Waals surface area contributed by atoms with Crippen LogP contribution < -0.4 is 0 Å². The largest absolute Gasteiger partial charge is 0.460 e. The number of benzene rings is 2. The predicted molar refractivity (Wildman–Crippen MR) is 146 cm³/mol. The molecule has 0 aromatic heterocycles. The normalized spacial score (nSPS) is 23.9. The molecular weight excluding hydrogens is 468 g/mol. The number of esters is 1. The molecule has 0 fully saturated rings. The minimum atomic E-state index is -2.15. The van der Waals surface area contributed by atoms with E-state index in [9.17, 15) is 4.79 Å². The van der Waals surface area contributed by atoms with Crippen molar-refractivity contribution in [1.82, 2.24) is 0 Å². The summed E-state index contributed by atoms with van der Waals surface area (Å²) in [4.78, 5) is 12.1. The molecule has 1 unspecified atom stereocenters. The fourth-order valence-electron chi connectivity index (χ4n) is 4.05. The standard InChI is InChI=1S/C30H42O5Si/c1-23(31)34-26-19-13-14-20-27(35-36(5,6)30(2,3)4)29(33-22-25-17-11-8-12-18-25)28(26)32-21-24-15-9-7-10-16-24/h7-12,14-18,20,26-29H,13,19,21-22H2,1-6H3/b20-14-/t26?,27-,28+,29+/m1/s1. The highest BCUT2D eigenvalue weighted by atomic mass is 28.4. The Labute approximate surface area is 217 Å². The quantitative estimate of drug-likeness (QED) is 0.210. The molecule has 1 aliphatic rings. The van der Waals surface area contributed by atoms with Crippen molar-refractivity contribution in [3.05, 3.63) is 83.9 Å². The lowest BCUT2D eigenvalue weighted by molar-refractivity contribution is -0.181. The fourth-order valence-corrected chi connectivity index (χ4v) is 5.30. The van der Waals surface area contributed by atoms with Crippen LogP contribution in [0.5, 0.6) is 0 Å². The molecule has 5 nitrogen and oxygen atoms in total. The molecule has 36 heavy (non-hydrogen) atoms. The van der Waals surface area contributed by atoms with Crippen LogP contribution in [0.25, 0.3) is 0 Å². The first-order chi connectivity index (χ1) is 17.1. The van der Waals surface area contributed by atoms with E-state index >= 15 is 0 Å². The van der Waals surface area contributed by atoms with Gasteiger partial charge in [0.05, 0.1) is 19.3 Å². The topological polar surface area (TPSA) is 54.0 Å². The summed E-state index contributed by atoms with van der Waals surface area (Å²) in [7, 11) is -2.15. The van der Waals surface area contributed by atoms with Crippen LogP contribution in [0.3, 0.4) is 0 Å². The van der Waals surface area contributed by atoms with Gasteiger partial charge in [-0.15, -0.1) is 0 Å². The van der Waals surface area contributed by atoms with Crippen LogP contribution in [-0.4, -0.2) is 38.7 Å². The van der Waals surface area contributed by atoms with Gasteiger partial charge < -0.3 is 18.6 Å². The Bertz CT molecular complexity index is 968. The number of allylic oxidation sites excluding steroid dienone is 1. The van der Waals surface area contributed by atoms with Crippen LogP contribution in [0.2, 0.25) is 18.1 Å². The second-order valence-corrected chi connectivity index (χ2v) is 15.8. The van der Waals surface area contributed by atoms with E-state index in [4.69, 9.17) is 18.6 Å². The van der Waals surface area contributed by atoms with Gasteiger partial charge >= 0.3 is 5.97 Å². The zero-order chi connectivity index (χ0) is 26.2. The van der Waals surface area contributed by atoms with Crippen LogP contribution >= 0.6 is 0 Å². The average Bonchev–Trinajstić information content (AvgIpc) is 2.82. The second kappa shape index (κ2) is 12.8. The first-order valence-electron chi connectivity index (χ1n) is 12.9. The average molecular weight is 511 g/mol. The molecule has 0 bridgehead atoms. The van der Waals surface area contributed by atoms with Gasteiger partial charge in [-0.3, -0.25) is 4.79 Å². The third-order valence-electron chi connectivity index (χ3n) is 7.08. The molecule has 0 N–H and O–H groups in total. The summed E-state index contributed by atoms with van der Waals surface area (Å²) < 4.78 is 25.9. The number of carbonyl (C=O) groups excluding carboxylic acids is 1. The van der Waals surface area contributed by atoms with Crippen LogP contribution in [0.15, 0.2) is 72.8 Å². The third-order valence-corrected chi connectivity index (χ3v) is 11.6. The molecule has 0 amide bonds. The Morgan fingerprint density at radius 3 is 1.92 bits per heavy atom. The van der Waals surface area contributed by atoms with E-state index < -0.39 is 26.6 Å².